The van der Waals surface area contributed by atoms with E-state index in [2.05, 4.69) is 19.2 Å². The van der Waals surface area contributed by atoms with Gasteiger partial charge in [0.25, 0.3) is 0 Å². The second-order valence-corrected chi connectivity index (χ2v) is 7.98. The molecule has 0 fully saturated rings. The number of hydrogen-bond donors (Lipinski definition) is 1. The number of dihydropyridines is 1. The number of benzene rings is 1. The van der Waals surface area contributed by atoms with Gasteiger partial charge in [-0.15, -0.1) is 0 Å². The topological polar surface area (TPSA) is 55.4 Å². The number of carbonyl (C=O) groups is 2. The fourth-order valence-corrected chi connectivity index (χ4v) is 3.96. The maximum absolute atomic E-state index is 13.0. The highest BCUT2D eigenvalue weighted by Gasteiger charge is 2.42. The molecule has 0 aromatic heterocycles. The van der Waals surface area contributed by atoms with Crippen molar-refractivity contribution >= 4 is 11.8 Å². The number of hydrogen-bond acceptors (Lipinski definition) is 4. The Morgan fingerprint density at radius 3 is 2.58 bits per heavy atom. The van der Waals surface area contributed by atoms with E-state index < -0.39 is 0 Å². The molecular weight excluding hydrogens is 326 g/mol. The summed E-state index contributed by atoms with van der Waals surface area (Å²) in [4.78, 5) is 25.8. The summed E-state index contributed by atoms with van der Waals surface area (Å²) in [6.07, 6.45) is 2.06. The zero-order valence-corrected chi connectivity index (χ0v) is 16.0. The van der Waals surface area contributed by atoms with Crippen LogP contribution in [0.5, 0.6) is 0 Å². The number of nitrogens with one attached hydrogen (secondary N) is 1. The molecule has 1 aromatic carbocycles. The molecule has 3 rings (SSSR count). The van der Waals surface area contributed by atoms with E-state index in [0.29, 0.717) is 18.6 Å². The van der Waals surface area contributed by atoms with Gasteiger partial charge in [0.1, 0.15) is 0 Å². The molecule has 4 nitrogen and oxygen atoms in total. The van der Waals surface area contributed by atoms with Crippen LogP contribution in [0.1, 0.15) is 58.4 Å². The molecule has 138 valence electrons. The first-order chi connectivity index (χ1) is 12.3. The normalized spacial score (nSPS) is 22.0. The molecule has 1 heterocycles. The van der Waals surface area contributed by atoms with E-state index in [1.54, 1.807) is 0 Å². The molecule has 0 saturated carbocycles. The highest BCUT2D eigenvalue weighted by atomic mass is 16.5. The van der Waals surface area contributed by atoms with Crippen molar-refractivity contribution in [3.63, 3.8) is 0 Å². The van der Waals surface area contributed by atoms with E-state index in [4.69, 9.17) is 4.74 Å². The number of ether oxygens (including phenoxy) is 1. The Kier molecular flexibility index (Phi) is 5.03. The van der Waals surface area contributed by atoms with E-state index in [0.717, 1.165) is 35.4 Å². The molecular formula is C22H27NO3. The predicted octanol–water partition coefficient (Wildman–Crippen LogP) is 4.24. The van der Waals surface area contributed by atoms with Crippen molar-refractivity contribution in [1.29, 1.82) is 0 Å². The number of allylic oxidation sites excluding steroid dienone is 3. The van der Waals surface area contributed by atoms with Gasteiger partial charge in [-0.05, 0) is 30.7 Å². The fourth-order valence-electron chi connectivity index (χ4n) is 3.96. The van der Waals surface area contributed by atoms with E-state index in [1.807, 2.05) is 44.2 Å². The van der Waals surface area contributed by atoms with Crippen LogP contribution in [0.15, 0.2) is 52.9 Å². The van der Waals surface area contributed by atoms with Crippen LogP contribution in [-0.4, -0.2) is 18.4 Å². The Labute approximate surface area is 155 Å². The van der Waals surface area contributed by atoms with Crippen molar-refractivity contribution in [3.05, 3.63) is 58.4 Å². The predicted molar refractivity (Wildman–Crippen MR) is 101 cm³/mol. The molecule has 2 aliphatic rings. The van der Waals surface area contributed by atoms with Crippen LogP contribution in [0.25, 0.3) is 0 Å². The van der Waals surface area contributed by atoms with Crippen LogP contribution in [0, 0.1) is 5.41 Å². The Hall–Kier alpha value is -2.36. The first-order valence-corrected chi connectivity index (χ1v) is 9.30. The molecule has 0 bridgehead atoms. The van der Waals surface area contributed by atoms with Gasteiger partial charge in [-0.3, -0.25) is 4.79 Å². The molecule has 0 radical (unpaired) electrons. The molecule has 0 unspecified atom stereocenters. The van der Waals surface area contributed by atoms with Gasteiger partial charge in [0.05, 0.1) is 12.2 Å². The lowest BCUT2D eigenvalue weighted by Crippen LogP contribution is -2.38. The Morgan fingerprint density at radius 2 is 1.92 bits per heavy atom. The quantitative estimate of drug-likeness (QED) is 0.823. The summed E-state index contributed by atoms with van der Waals surface area (Å²) in [5.74, 6) is -0.582. The van der Waals surface area contributed by atoms with Gasteiger partial charge in [0.2, 0.25) is 0 Å². The summed E-state index contributed by atoms with van der Waals surface area (Å²) in [6, 6.07) is 9.79. The number of ketones is 1. The molecule has 1 N–H and O–H groups in total. The summed E-state index contributed by atoms with van der Waals surface area (Å²) < 4.78 is 5.44. The third-order valence-electron chi connectivity index (χ3n) is 5.03. The first kappa shape index (κ1) is 18.4. The van der Waals surface area contributed by atoms with Crippen LogP contribution in [0.2, 0.25) is 0 Å². The van der Waals surface area contributed by atoms with Crippen LogP contribution in [0.3, 0.4) is 0 Å². The third kappa shape index (κ3) is 3.46. The summed E-state index contributed by atoms with van der Waals surface area (Å²) in [7, 11) is 0. The summed E-state index contributed by atoms with van der Waals surface area (Å²) in [5, 5.41) is 3.35. The lowest BCUT2D eigenvalue weighted by atomic mass is 9.68. The Balaban J connectivity index is 2.11. The van der Waals surface area contributed by atoms with Gasteiger partial charge in [-0.2, -0.15) is 0 Å². The molecule has 1 aromatic rings. The van der Waals surface area contributed by atoms with Crippen LogP contribution >= 0.6 is 0 Å². The van der Waals surface area contributed by atoms with Crippen LogP contribution in [0.4, 0.5) is 0 Å². The zero-order valence-electron chi connectivity index (χ0n) is 16.0. The Bertz CT molecular complexity index is 787. The van der Waals surface area contributed by atoms with Gasteiger partial charge in [-0.1, -0.05) is 51.1 Å². The SMILES string of the molecule is CCCOC(=O)C1=C(C)NC2=C(C(=O)CC(C)(C)C2)[C@@H]1c1ccccc1. The molecule has 1 aliphatic carbocycles. The van der Waals surface area contributed by atoms with Gasteiger partial charge in [0, 0.05) is 29.3 Å². The van der Waals surface area contributed by atoms with Crippen LogP contribution in [-0.2, 0) is 14.3 Å². The zero-order chi connectivity index (χ0) is 18.9. The second-order valence-electron chi connectivity index (χ2n) is 7.98. The van der Waals surface area contributed by atoms with Gasteiger partial charge in [-0.25, -0.2) is 4.79 Å². The molecule has 26 heavy (non-hydrogen) atoms. The van der Waals surface area contributed by atoms with Crippen molar-refractivity contribution in [2.75, 3.05) is 6.61 Å². The second kappa shape index (κ2) is 7.10. The number of esters is 1. The van der Waals surface area contributed by atoms with Crippen molar-refractivity contribution in [2.24, 2.45) is 5.41 Å². The minimum Gasteiger partial charge on any atom is -0.462 e. The monoisotopic (exact) mass is 353 g/mol. The van der Waals surface area contributed by atoms with Gasteiger partial charge in [0.15, 0.2) is 5.78 Å². The van der Waals surface area contributed by atoms with E-state index in [-0.39, 0.29) is 23.1 Å². The summed E-state index contributed by atoms with van der Waals surface area (Å²) in [6.45, 7) is 8.46. The highest BCUT2D eigenvalue weighted by Crippen LogP contribution is 2.46. The fraction of sp³-hybridized carbons (Fsp3) is 0.455. The molecule has 4 heteroatoms. The largest absolute Gasteiger partial charge is 0.462 e. The van der Waals surface area contributed by atoms with Crippen molar-refractivity contribution < 1.29 is 14.3 Å². The minimum absolute atomic E-state index is 0.0787. The Morgan fingerprint density at radius 1 is 1.23 bits per heavy atom. The maximum atomic E-state index is 13.0. The molecule has 0 amide bonds. The van der Waals surface area contributed by atoms with E-state index in [1.165, 1.54) is 0 Å². The molecule has 1 atom stereocenters. The highest BCUT2D eigenvalue weighted by molar-refractivity contribution is 6.04. The van der Waals surface area contributed by atoms with Gasteiger partial charge >= 0.3 is 5.97 Å². The molecule has 0 spiro atoms. The van der Waals surface area contributed by atoms with Gasteiger partial charge < -0.3 is 10.1 Å². The number of Topliss-reactive ketones (excluding diaryl/α,β-unsaturated/α-hetero) is 1. The third-order valence-corrected chi connectivity index (χ3v) is 5.03. The number of carbonyl (C=O) groups excluding carboxylic acids is 2. The smallest absolute Gasteiger partial charge is 0.336 e. The van der Waals surface area contributed by atoms with E-state index in [9.17, 15) is 9.59 Å². The van der Waals surface area contributed by atoms with Crippen molar-refractivity contribution in [3.8, 4) is 0 Å². The van der Waals surface area contributed by atoms with Crippen molar-refractivity contribution in [2.45, 2.75) is 52.9 Å². The minimum atomic E-state index is -0.361. The van der Waals surface area contributed by atoms with Crippen molar-refractivity contribution in [1.82, 2.24) is 5.32 Å². The van der Waals surface area contributed by atoms with E-state index >= 15 is 0 Å². The summed E-state index contributed by atoms with van der Waals surface area (Å²) in [5.41, 5.74) is 3.89. The molecule has 1 aliphatic heterocycles. The van der Waals surface area contributed by atoms with Crippen LogP contribution < -0.4 is 5.32 Å². The molecule has 0 saturated heterocycles. The first-order valence-electron chi connectivity index (χ1n) is 9.30. The maximum Gasteiger partial charge on any atom is 0.336 e. The standard InChI is InChI=1S/C22H27NO3/c1-5-11-26-21(25)18-14(2)23-16-12-22(3,4)13-17(24)20(16)19(18)15-9-7-6-8-10-15/h6-10,19,23H,5,11-13H2,1-4H3/t19-/m1/s1. The lowest BCUT2D eigenvalue weighted by Gasteiger charge is -2.39. The average molecular weight is 353 g/mol. The summed E-state index contributed by atoms with van der Waals surface area (Å²) >= 11 is 0. The number of rotatable bonds is 4. The lowest BCUT2D eigenvalue weighted by molar-refractivity contribution is -0.139. The average Bonchev–Trinajstić information content (AvgIpc) is 2.58.